The predicted octanol–water partition coefficient (Wildman–Crippen LogP) is 5.06. The average Bonchev–Trinajstić information content (AvgIpc) is 2.90. The zero-order chi connectivity index (χ0) is 23.0. The van der Waals surface area contributed by atoms with Crippen LogP contribution in [0.4, 0.5) is 5.69 Å². The SMILES string of the molecule is COc1ccc(C(CCN2CCN(c3ccccc3OC)CC2)c2ccc(OC)cc2)cc1. The molecule has 0 unspecified atom stereocenters. The number of hydrogen-bond donors (Lipinski definition) is 0. The van der Waals surface area contributed by atoms with Crippen molar-refractivity contribution >= 4 is 5.69 Å². The summed E-state index contributed by atoms with van der Waals surface area (Å²) < 4.78 is 16.3. The summed E-state index contributed by atoms with van der Waals surface area (Å²) in [5.74, 6) is 3.05. The van der Waals surface area contributed by atoms with Gasteiger partial charge >= 0.3 is 0 Å². The first kappa shape index (κ1) is 23.0. The molecule has 1 aliphatic heterocycles. The van der Waals surface area contributed by atoms with Gasteiger partial charge in [-0.05, 0) is 60.5 Å². The first-order valence-electron chi connectivity index (χ1n) is 11.6. The van der Waals surface area contributed by atoms with Crippen LogP contribution in [-0.2, 0) is 0 Å². The third-order valence-corrected chi connectivity index (χ3v) is 6.57. The molecule has 4 rings (SSSR count). The first-order valence-corrected chi connectivity index (χ1v) is 11.6. The molecule has 1 aliphatic rings. The quantitative estimate of drug-likeness (QED) is 0.459. The van der Waals surface area contributed by atoms with Crippen molar-refractivity contribution in [2.24, 2.45) is 0 Å². The van der Waals surface area contributed by atoms with Crippen LogP contribution < -0.4 is 19.1 Å². The average molecular weight is 447 g/mol. The Morgan fingerprint density at radius 2 is 1.21 bits per heavy atom. The van der Waals surface area contributed by atoms with Crippen LogP contribution in [0, 0.1) is 0 Å². The van der Waals surface area contributed by atoms with Gasteiger partial charge in [0, 0.05) is 32.1 Å². The van der Waals surface area contributed by atoms with Crippen LogP contribution in [0.3, 0.4) is 0 Å². The van der Waals surface area contributed by atoms with Crippen LogP contribution in [0.15, 0.2) is 72.8 Å². The highest BCUT2D eigenvalue weighted by Gasteiger charge is 2.21. The third-order valence-electron chi connectivity index (χ3n) is 6.57. The van der Waals surface area contributed by atoms with Gasteiger partial charge in [0.25, 0.3) is 0 Å². The first-order chi connectivity index (χ1) is 16.2. The van der Waals surface area contributed by atoms with E-state index in [1.165, 1.54) is 16.8 Å². The topological polar surface area (TPSA) is 34.2 Å². The molecule has 5 heteroatoms. The Labute approximate surface area is 197 Å². The van der Waals surface area contributed by atoms with Gasteiger partial charge in [-0.3, -0.25) is 4.90 Å². The zero-order valence-corrected chi connectivity index (χ0v) is 19.9. The molecule has 0 saturated carbocycles. The summed E-state index contributed by atoms with van der Waals surface area (Å²) in [5.41, 5.74) is 3.82. The molecule has 0 aromatic heterocycles. The Kier molecular flexibility index (Phi) is 7.74. The minimum atomic E-state index is 0.328. The zero-order valence-electron chi connectivity index (χ0n) is 19.9. The number of benzene rings is 3. The van der Waals surface area contributed by atoms with Gasteiger partial charge < -0.3 is 19.1 Å². The molecule has 1 fully saturated rings. The highest BCUT2D eigenvalue weighted by Crippen LogP contribution is 2.32. The van der Waals surface area contributed by atoms with Gasteiger partial charge in [-0.1, -0.05) is 36.4 Å². The lowest BCUT2D eigenvalue weighted by molar-refractivity contribution is 0.250. The standard InChI is InChI=1S/C28H34N2O3/c1-31-24-12-8-22(9-13-24)26(23-10-14-25(32-2)15-11-23)16-17-29-18-20-30(21-19-29)27-6-4-5-7-28(27)33-3/h4-15,26H,16-21H2,1-3H3. The molecule has 0 radical (unpaired) electrons. The molecule has 33 heavy (non-hydrogen) atoms. The lowest BCUT2D eigenvalue weighted by Gasteiger charge is -2.37. The van der Waals surface area contributed by atoms with E-state index in [2.05, 4.69) is 70.5 Å². The minimum absolute atomic E-state index is 0.328. The normalized spacial score (nSPS) is 14.4. The van der Waals surface area contributed by atoms with Crippen molar-refractivity contribution in [1.29, 1.82) is 0 Å². The molecule has 174 valence electrons. The number of nitrogens with zero attached hydrogens (tertiary/aromatic N) is 2. The lowest BCUT2D eigenvalue weighted by Crippen LogP contribution is -2.46. The molecule has 3 aromatic rings. The number of anilines is 1. The van der Waals surface area contributed by atoms with Crippen molar-refractivity contribution in [3.8, 4) is 17.2 Å². The molecule has 0 spiro atoms. The number of para-hydroxylation sites is 2. The largest absolute Gasteiger partial charge is 0.497 e. The van der Waals surface area contributed by atoms with E-state index in [9.17, 15) is 0 Å². The van der Waals surface area contributed by atoms with Gasteiger partial charge in [-0.2, -0.15) is 0 Å². The summed E-state index contributed by atoms with van der Waals surface area (Å²) in [5, 5.41) is 0. The van der Waals surface area contributed by atoms with Crippen molar-refractivity contribution < 1.29 is 14.2 Å². The van der Waals surface area contributed by atoms with Gasteiger partial charge in [0.15, 0.2) is 0 Å². The van der Waals surface area contributed by atoms with E-state index in [0.717, 1.165) is 56.4 Å². The van der Waals surface area contributed by atoms with Gasteiger partial charge in [-0.25, -0.2) is 0 Å². The fourth-order valence-corrected chi connectivity index (χ4v) is 4.61. The van der Waals surface area contributed by atoms with Crippen LogP contribution in [0.25, 0.3) is 0 Å². The van der Waals surface area contributed by atoms with E-state index in [1.807, 2.05) is 12.1 Å². The maximum absolute atomic E-state index is 5.56. The molecule has 1 saturated heterocycles. The second-order valence-electron chi connectivity index (χ2n) is 8.39. The Balaban J connectivity index is 1.42. The number of hydrogen-bond acceptors (Lipinski definition) is 5. The molecular formula is C28H34N2O3. The van der Waals surface area contributed by atoms with E-state index in [1.54, 1.807) is 21.3 Å². The molecule has 0 atom stereocenters. The molecule has 5 nitrogen and oxygen atoms in total. The highest BCUT2D eigenvalue weighted by atomic mass is 16.5. The maximum Gasteiger partial charge on any atom is 0.142 e. The molecule has 0 N–H and O–H groups in total. The highest BCUT2D eigenvalue weighted by molar-refractivity contribution is 5.58. The fraction of sp³-hybridized carbons (Fsp3) is 0.357. The van der Waals surface area contributed by atoms with Crippen molar-refractivity contribution in [2.75, 3.05) is 59.0 Å². The Morgan fingerprint density at radius 3 is 1.73 bits per heavy atom. The van der Waals surface area contributed by atoms with E-state index < -0.39 is 0 Å². The number of rotatable bonds is 9. The predicted molar refractivity (Wildman–Crippen MR) is 134 cm³/mol. The molecule has 0 bridgehead atoms. The second kappa shape index (κ2) is 11.1. The van der Waals surface area contributed by atoms with Gasteiger partial charge in [0.2, 0.25) is 0 Å². The third kappa shape index (κ3) is 5.60. The van der Waals surface area contributed by atoms with Crippen molar-refractivity contribution in [3.63, 3.8) is 0 Å². The van der Waals surface area contributed by atoms with E-state index in [-0.39, 0.29) is 0 Å². The Bertz CT molecular complexity index is 949. The van der Waals surface area contributed by atoms with Crippen molar-refractivity contribution in [2.45, 2.75) is 12.3 Å². The summed E-state index contributed by atoms with van der Waals surface area (Å²) in [4.78, 5) is 5.01. The summed E-state index contributed by atoms with van der Waals surface area (Å²) in [6.07, 6.45) is 1.06. The second-order valence-corrected chi connectivity index (χ2v) is 8.39. The smallest absolute Gasteiger partial charge is 0.142 e. The van der Waals surface area contributed by atoms with Crippen LogP contribution in [0.5, 0.6) is 17.2 Å². The summed E-state index contributed by atoms with van der Waals surface area (Å²) >= 11 is 0. The van der Waals surface area contributed by atoms with Gasteiger partial charge in [0.1, 0.15) is 17.2 Å². The summed E-state index contributed by atoms with van der Waals surface area (Å²) in [6, 6.07) is 25.3. The minimum Gasteiger partial charge on any atom is -0.497 e. The van der Waals surface area contributed by atoms with Crippen molar-refractivity contribution in [3.05, 3.63) is 83.9 Å². The fourth-order valence-electron chi connectivity index (χ4n) is 4.61. The maximum atomic E-state index is 5.56. The Hall–Kier alpha value is -3.18. The molecular weight excluding hydrogens is 412 g/mol. The monoisotopic (exact) mass is 446 g/mol. The number of methoxy groups -OCH3 is 3. The number of ether oxygens (including phenoxy) is 3. The lowest BCUT2D eigenvalue weighted by atomic mass is 9.88. The number of piperazine rings is 1. The molecule has 3 aromatic carbocycles. The van der Waals surface area contributed by atoms with Gasteiger partial charge in [-0.15, -0.1) is 0 Å². The summed E-state index contributed by atoms with van der Waals surface area (Å²) in [7, 11) is 5.16. The summed E-state index contributed by atoms with van der Waals surface area (Å²) in [6.45, 7) is 5.18. The van der Waals surface area contributed by atoms with E-state index in [4.69, 9.17) is 14.2 Å². The van der Waals surface area contributed by atoms with Crippen molar-refractivity contribution in [1.82, 2.24) is 4.90 Å². The van der Waals surface area contributed by atoms with E-state index >= 15 is 0 Å². The molecule has 1 heterocycles. The Morgan fingerprint density at radius 1 is 0.667 bits per heavy atom. The van der Waals surface area contributed by atoms with Crippen LogP contribution in [-0.4, -0.2) is 59.0 Å². The van der Waals surface area contributed by atoms with Gasteiger partial charge in [0.05, 0.1) is 27.0 Å². The molecule has 0 amide bonds. The van der Waals surface area contributed by atoms with E-state index in [0.29, 0.717) is 5.92 Å². The van der Waals surface area contributed by atoms with Crippen LogP contribution >= 0.6 is 0 Å². The van der Waals surface area contributed by atoms with Crippen LogP contribution in [0.2, 0.25) is 0 Å². The van der Waals surface area contributed by atoms with Crippen LogP contribution in [0.1, 0.15) is 23.5 Å². The molecule has 0 aliphatic carbocycles.